The summed E-state index contributed by atoms with van der Waals surface area (Å²) < 4.78 is -0.255. The Kier molecular flexibility index (Phi) is 6.67. The highest BCUT2D eigenvalue weighted by atomic mass is 32.2. The first kappa shape index (κ1) is 20.2. The Bertz CT molecular complexity index is 776. The summed E-state index contributed by atoms with van der Waals surface area (Å²) in [5, 5.41) is 4.12. The van der Waals surface area contributed by atoms with Crippen LogP contribution in [0.25, 0.3) is 0 Å². The summed E-state index contributed by atoms with van der Waals surface area (Å²) >= 11 is 2.06. The standard InChI is InChI=1S/C25H28N2OS/c1-26-28-19-23-17-24(18-27-23)29-25(20-11-5-2-6-12-20,21-13-7-3-8-14-21)22-15-9-4-10-16-22/h2-16,23-24,26-27H,17-19H2,1H3. The second-order valence-electron chi connectivity index (χ2n) is 7.38. The Balaban J connectivity index is 1.77. The SMILES string of the molecule is CNOCC1CC(SC(c2ccccc2)(c2ccccc2)c2ccccc2)CN1. The predicted molar refractivity (Wildman–Crippen MR) is 122 cm³/mol. The van der Waals surface area contributed by atoms with E-state index in [0.717, 1.165) is 13.0 Å². The van der Waals surface area contributed by atoms with E-state index in [0.29, 0.717) is 17.9 Å². The van der Waals surface area contributed by atoms with Crippen molar-refractivity contribution in [3.05, 3.63) is 108 Å². The number of hydrogen-bond acceptors (Lipinski definition) is 4. The summed E-state index contributed by atoms with van der Waals surface area (Å²) in [5.41, 5.74) is 6.74. The van der Waals surface area contributed by atoms with Crippen LogP contribution in [0.5, 0.6) is 0 Å². The maximum absolute atomic E-state index is 5.43. The second-order valence-corrected chi connectivity index (χ2v) is 8.89. The van der Waals surface area contributed by atoms with E-state index in [-0.39, 0.29) is 4.75 Å². The van der Waals surface area contributed by atoms with Crippen molar-refractivity contribution in [2.75, 3.05) is 20.2 Å². The van der Waals surface area contributed by atoms with Gasteiger partial charge in [-0.05, 0) is 23.1 Å². The third-order valence-electron chi connectivity index (χ3n) is 5.49. The predicted octanol–water partition coefficient (Wildman–Crippen LogP) is 4.59. The molecule has 2 atom stereocenters. The molecule has 3 nitrogen and oxygen atoms in total. The van der Waals surface area contributed by atoms with Gasteiger partial charge in [0.2, 0.25) is 0 Å². The summed E-state index contributed by atoms with van der Waals surface area (Å²) in [6.07, 6.45) is 1.08. The first-order valence-corrected chi connectivity index (χ1v) is 11.1. The van der Waals surface area contributed by atoms with Gasteiger partial charge in [0, 0.05) is 24.9 Å². The molecule has 0 radical (unpaired) electrons. The number of benzene rings is 3. The lowest BCUT2D eigenvalue weighted by Crippen LogP contribution is -2.29. The molecule has 4 heteroatoms. The van der Waals surface area contributed by atoms with Crippen molar-refractivity contribution < 1.29 is 4.84 Å². The molecule has 0 amide bonds. The Labute approximate surface area is 177 Å². The lowest BCUT2D eigenvalue weighted by atomic mass is 9.84. The van der Waals surface area contributed by atoms with Gasteiger partial charge < -0.3 is 10.2 Å². The van der Waals surface area contributed by atoms with Gasteiger partial charge in [0.15, 0.2) is 0 Å². The van der Waals surface area contributed by atoms with Gasteiger partial charge in [-0.1, -0.05) is 91.0 Å². The van der Waals surface area contributed by atoms with Crippen LogP contribution in [0.4, 0.5) is 0 Å². The highest BCUT2D eigenvalue weighted by Gasteiger charge is 2.41. The topological polar surface area (TPSA) is 33.3 Å². The van der Waals surface area contributed by atoms with E-state index in [2.05, 4.69) is 114 Å². The molecule has 2 N–H and O–H groups in total. The van der Waals surface area contributed by atoms with E-state index < -0.39 is 0 Å². The minimum Gasteiger partial charge on any atom is -0.310 e. The van der Waals surface area contributed by atoms with Crippen LogP contribution in [0.3, 0.4) is 0 Å². The highest BCUT2D eigenvalue weighted by molar-refractivity contribution is 8.01. The molecule has 0 bridgehead atoms. The lowest BCUT2D eigenvalue weighted by molar-refractivity contribution is 0.0449. The Hall–Kier alpha value is -2.11. The van der Waals surface area contributed by atoms with Crippen molar-refractivity contribution in [1.82, 2.24) is 10.8 Å². The fraction of sp³-hybridized carbons (Fsp3) is 0.280. The molecule has 0 saturated carbocycles. The minimum absolute atomic E-state index is 0.255. The zero-order valence-corrected chi connectivity index (χ0v) is 17.6. The molecule has 0 aliphatic carbocycles. The lowest BCUT2D eigenvalue weighted by Gasteiger charge is -2.37. The third kappa shape index (κ3) is 4.41. The van der Waals surface area contributed by atoms with Crippen molar-refractivity contribution >= 4 is 11.8 Å². The smallest absolute Gasteiger partial charge is 0.0910 e. The van der Waals surface area contributed by atoms with Crippen molar-refractivity contribution in [3.8, 4) is 0 Å². The van der Waals surface area contributed by atoms with Gasteiger partial charge in [0.05, 0.1) is 11.4 Å². The molecule has 3 aromatic carbocycles. The summed E-state index contributed by atoms with van der Waals surface area (Å²) in [5.74, 6) is 0. The van der Waals surface area contributed by atoms with E-state index >= 15 is 0 Å². The molecule has 4 rings (SSSR count). The van der Waals surface area contributed by atoms with Gasteiger partial charge in [-0.3, -0.25) is 0 Å². The van der Waals surface area contributed by atoms with E-state index in [4.69, 9.17) is 4.84 Å². The van der Waals surface area contributed by atoms with E-state index in [9.17, 15) is 0 Å². The molecule has 150 valence electrons. The van der Waals surface area contributed by atoms with E-state index in [1.54, 1.807) is 0 Å². The first-order chi connectivity index (χ1) is 14.3. The van der Waals surface area contributed by atoms with Crippen LogP contribution in [0.2, 0.25) is 0 Å². The zero-order chi connectivity index (χ0) is 19.9. The maximum Gasteiger partial charge on any atom is 0.0910 e. The van der Waals surface area contributed by atoms with Crippen LogP contribution in [-0.2, 0) is 9.58 Å². The van der Waals surface area contributed by atoms with Gasteiger partial charge in [-0.15, -0.1) is 11.8 Å². The van der Waals surface area contributed by atoms with Crippen LogP contribution >= 0.6 is 11.8 Å². The summed E-state index contributed by atoms with van der Waals surface area (Å²) in [4.78, 5) is 5.43. The second kappa shape index (κ2) is 9.59. The number of rotatable bonds is 8. The van der Waals surface area contributed by atoms with Crippen molar-refractivity contribution in [1.29, 1.82) is 0 Å². The quantitative estimate of drug-likeness (QED) is 0.425. The largest absolute Gasteiger partial charge is 0.310 e. The Morgan fingerprint density at radius 3 is 1.79 bits per heavy atom. The molecule has 1 fully saturated rings. The van der Waals surface area contributed by atoms with Crippen LogP contribution in [0, 0.1) is 0 Å². The molecule has 0 spiro atoms. The van der Waals surface area contributed by atoms with Gasteiger partial charge in [-0.2, -0.15) is 0 Å². The molecule has 0 aromatic heterocycles. The molecule has 1 aliphatic rings. The average Bonchev–Trinajstić information content (AvgIpc) is 3.25. The fourth-order valence-corrected chi connectivity index (χ4v) is 5.98. The van der Waals surface area contributed by atoms with Gasteiger partial charge in [0.1, 0.15) is 0 Å². The molecule has 1 heterocycles. The molecule has 1 saturated heterocycles. The first-order valence-electron chi connectivity index (χ1n) is 10.2. The number of hydroxylamine groups is 1. The monoisotopic (exact) mass is 404 g/mol. The Morgan fingerprint density at radius 2 is 1.34 bits per heavy atom. The van der Waals surface area contributed by atoms with Crippen LogP contribution in [-0.4, -0.2) is 31.5 Å². The number of thioether (sulfide) groups is 1. The summed E-state index contributed by atoms with van der Waals surface area (Å²) in [7, 11) is 1.81. The summed E-state index contributed by atoms with van der Waals surface area (Å²) in [6, 6.07) is 33.1. The van der Waals surface area contributed by atoms with Crippen LogP contribution in [0.15, 0.2) is 91.0 Å². The van der Waals surface area contributed by atoms with E-state index in [1.165, 1.54) is 16.7 Å². The molecular weight excluding hydrogens is 376 g/mol. The highest BCUT2D eigenvalue weighted by Crippen LogP contribution is 2.51. The van der Waals surface area contributed by atoms with Crippen molar-refractivity contribution in [3.63, 3.8) is 0 Å². The average molecular weight is 405 g/mol. The van der Waals surface area contributed by atoms with Crippen LogP contribution < -0.4 is 10.8 Å². The van der Waals surface area contributed by atoms with Crippen LogP contribution in [0.1, 0.15) is 23.1 Å². The van der Waals surface area contributed by atoms with Crippen molar-refractivity contribution in [2.45, 2.75) is 22.5 Å². The molecule has 2 unspecified atom stereocenters. The van der Waals surface area contributed by atoms with Gasteiger partial charge in [-0.25, -0.2) is 5.48 Å². The molecule has 1 aliphatic heterocycles. The molecular formula is C25H28N2OS. The number of hydrogen-bond donors (Lipinski definition) is 2. The molecule has 3 aromatic rings. The Morgan fingerprint density at radius 1 is 0.862 bits per heavy atom. The van der Waals surface area contributed by atoms with E-state index in [1.807, 2.05) is 7.05 Å². The van der Waals surface area contributed by atoms with Gasteiger partial charge >= 0.3 is 0 Å². The fourth-order valence-electron chi connectivity index (χ4n) is 4.16. The van der Waals surface area contributed by atoms with Crippen molar-refractivity contribution in [2.24, 2.45) is 0 Å². The minimum atomic E-state index is -0.255. The normalized spacial score (nSPS) is 19.3. The zero-order valence-electron chi connectivity index (χ0n) is 16.8. The molecule has 29 heavy (non-hydrogen) atoms. The summed E-state index contributed by atoms with van der Waals surface area (Å²) in [6.45, 7) is 1.67. The maximum atomic E-state index is 5.43. The third-order valence-corrected chi connectivity index (χ3v) is 7.25. The number of nitrogens with one attached hydrogen (secondary N) is 2. The van der Waals surface area contributed by atoms with Gasteiger partial charge in [0.25, 0.3) is 0 Å².